The maximum atomic E-state index is 10.7. The molecule has 0 aliphatic rings. The Hall–Kier alpha value is -0.720. The highest BCUT2D eigenvalue weighted by molar-refractivity contribution is 8.70. The minimum absolute atomic E-state index is 0.442. The summed E-state index contributed by atoms with van der Waals surface area (Å²) in [7, 11) is 0.0164. The van der Waals surface area contributed by atoms with Crippen molar-refractivity contribution in [1.82, 2.24) is 0 Å². The van der Waals surface area contributed by atoms with Crippen LogP contribution in [0.15, 0.2) is 29.2 Å². The van der Waals surface area contributed by atoms with Crippen LogP contribution >= 0.6 is 10.8 Å². The zero-order valence-electron chi connectivity index (χ0n) is 7.84. The van der Waals surface area contributed by atoms with Crippen molar-refractivity contribution in [2.45, 2.75) is 4.90 Å². The summed E-state index contributed by atoms with van der Waals surface area (Å²) >= 11 is 0. The fraction of sp³-hybridized carbons (Fsp3) is 0.250. The predicted molar refractivity (Wildman–Crippen MR) is 58.2 cm³/mol. The summed E-state index contributed by atoms with van der Waals surface area (Å²) in [6.07, 6.45) is 0. The molecule has 4 nitrogen and oxygen atoms in total. The summed E-state index contributed by atoms with van der Waals surface area (Å²) in [6.45, 7) is 0. The van der Waals surface area contributed by atoms with Crippen molar-refractivity contribution >= 4 is 25.6 Å². The van der Waals surface area contributed by atoms with E-state index in [1.54, 1.807) is 23.1 Å². The van der Waals surface area contributed by atoms with E-state index in [1.807, 2.05) is 20.2 Å². The van der Waals surface area contributed by atoms with Crippen LogP contribution in [0.4, 0.5) is 5.69 Å². The first-order chi connectivity index (χ1) is 6.40. The molecule has 0 saturated carbocycles. The lowest BCUT2D eigenvalue weighted by atomic mass is 10.3. The number of hydrogen-bond acceptors (Lipinski definition) is 4. The molecule has 0 fully saturated rings. The van der Waals surface area contributed by atoms with E-state index in [0.29, 0.717) is 15.7 Å². The highest BCUT2D eigenvalue weighted by Crippen LogP contribution is 2.31. The summed E-state index contributed by atoms with van der Waals surface area (Å²) in [4.78, 5) is 2.30. The lowest BCUT2D eigenvalue weighted by Crippen LogP contribution is -2.09. The third-order valence-electron chi connectivity index (χ3n) is 1.54. The van der Waals surface area contributed by atoms with Crippen LogP contribution in [0.25, 0.3) is 0 Å². The third kappa shape index (κ3) is 3.21. The number of anilines is 1. The summed E-state index contributed by atoms with van der Waals surface area (Å²) in [5.74, 6) is 0. The van der Waals surface area contributed by atoms with Crippen LogP contribution in [0.3, 0.4) is 0 Å². The molecule has 1 N–H and O–H groups in total. The Kier molecular flexibility index (Phi) is 3.41. The number of rotatable bonds is 3. The molecule has 0 saturated heterocycles. The Morgan fingerprint density at radius 2 is 1.86 bits per heavy atom. The first-order valence-electron chi connectivity index (χ1n) is 3.83. The van der Waals surface area contributed by atoms with Crippen molar-refractivity contribution in [2.75, 3.05) is 19.0 Å². The van der Waals surface area contributed by atoms with E-state index in [4.69, 9.17) is 4.55 Å². The van der Waals surface area contributed by atoms with Gasteiger partial charge in [0, 0.05) is 29.8 Å². The number of nitrogens with zero attached hydrogens (tertiary/aromatic N) is 1. The first kappa shape index (κ1) is 11.4. The van der Waals surface area contributed by atoms with Crippen molar-refractivity contribution in [3.63, 3.8) is 0 Å². The van der Waals surface area contributed by atoms with E-state index in [0.717, 1.165) is 5.69 Å². The molecule has 0 radical (unpaired) electrons. The summed E-state index contributed by atoms with van der Waals surface area (Å²) in [5, 5.41) is 0. The molecule has 14 heavy (non-hydrogen) atoms. The average molecular weight is 233 g/mol. The van der Waals surface area contributed by atoms with Gasteiger partial charge >= 0.3 is 9.15 Å². The van der Waals surface area contributed by atoms with Crippen molar-refractivity contribution < 1.29 is 13.0 Å². The van der Waals surface area contributed by atoms with Crippen LogP contribution in [-0.4, -0.2) is 27.1 Å². The molecule has 0 aliphatic carbocycles. The molecule has 78 valence electrons. The van der Waals surface area contributed by atoms with Gasteiger partial charge in [0.1, 0.15) is 0 Å². The minimum Gasteiger partial charge on any atom is -0.377 e. The third-order valence-corrected chi connectivity index (χ3v) is 3.45. The Balaban J connectivity index is 3.08. The molecule has 1 rings (SSSR count). The van der Waals surface area contributed by atoms with Crippen LogP contribution in [0, 0.1) is 0 Å². The fourth-order valence-electron chi connectivity index (χ4n) is 1.01. The molecule has 0 spiro atoms. The Morgan fingerprint density at radius 1 is 1.29 bits per heavy atom. The van der Waals surface area contributed by atoms with Gasteiger partial charge < -0.3 is 4.90 Å². The number of hydrogen-bond donors (Lipinski definition) is 1. The van der Waals surface area contributed by atoms with Gasteiger partial charge in [0.2, 0.25) is 0 Å². The van der Waals surface area contributed by atoms with Gasteiger partial charge in [0.15, 0.2) is 0 Å². The molecule has 0 aromatic heterocycles. The quantitative estimate of drug-likeness (QED) is 0.635. The molecule has 6 heteroatoms. The molecule has 0 bridgehead atoms. The highest BCUT2D eigenvalue weighted by atomic mass is 33.1. The van der Waals surface area contributed by atoms with Crippen LogP contribution < -0.4 is 4.90 Å². The van der Waals surface area contributed by atoms with E-state index in [9.17, 15) is 8.42 Å². The second kappa shape index (κ2) is 4.20. The molecular weight excluding hydrogens is 222 g/mol. The number of benzene rings is 1. The van der Waals surface area contributed by atoms with Crippen molar-refractivity contribution in [3.05, 3.63) is 24.3 Å². The van der Waals surface area contributed by atoms with Crippen LogP contribution in [0.1, 0.15) is 0 Å². The molecule has 0 aliphatic heterocycles. The standard InChI is InChI=1S/C8H11NO3S2/c1-9(2)7-5-3-4-6-8(7)13-14(10,11)12/h3-6H,1-2H3,(H,10,11,12). The summed E-state index contributed by atoms with van der Waals surface area (Å²) in [5.41, 5.74) is 0.759. The normalized spacial score (nSPS) is 11.4. The maximum Gasteiger partial charge on any atom is 0.324 e. The van der Waals surface area contributed by atoms with E-state index < -0.39 is 9.15 Å². The topological polar surface area (TPSA) is 57.6 Å². The van der Waals surface area contributed by atoms with Gasteiger partial charge in [-0.2, -0.15) is 8.42 Å². The van der Waals surface area contributed by atoms with Gasteiger partial charge in [-0.25, -0.2) is 0 Å². The van der Waals surface area contributed by atoms with Crippen molar-refractivity contribution in [1.29, 1.82) is 0 Å². The van der Waals surface area contributed by atoms with E-state index in [2.05, 4.69) is 0 Å². The van der Waals surface area contributed by atoms with E-state index in [-0.39, 0.29) is 0 Å². The van der Waals surface area contributed by atoms with Gasteiger partial charge in [0.05, 0.1) is 5.69 Å². The zero-order chi connectivity index (χ0) is 10.8. The van der Waals surface area contributed by atoms with Gasteiger partial charge in [0.25, 0.3) is 0 Å². The average Bonchev–Trinajstić information content (AvgIpc) is 2.01. The van der Waals surface area contributed by atoms with Gasteiger partial charge in [-0.05, 0) is 12.1 Å². The lowest BCUT2D eigenvalue weighted by Gasteiger charge is -2.15. The van der Waals surface area contributed by atoms with Crippen molar-refractivity contribution in [3.8, 4) is 0 Å². The smallest absolute Gasteiger partial charge is 0.324 e. The van der Waals surface area contributed by atoms with Crippen molar-refractivity contribution in [2.24, 2.45) is 0 Å². The molecule has 0 heterocycles. The Labute approximate surface area is 87.1 Å². The molecular formula is C8H11NO3S2. The monoisotopic (exact) mass is 233 g/mol. The largest absolute Gasteiger partial charge is 0.377 e. The predicted octanol–water partition coefficient (Wildman–Crippen LogP) is 1.65. The second-order valence-corrected chi connectivity index (χ2v) is 6.10. The van der Waals surface area contributed by atoms with Crippen LogP contribution in [0.2, 0.25) is 0 Å². The van der Waals surface area contributed by atoms with Crippen LogP contribution in [-0.2, 0) is 9.15 Å². The van der Waals surface area contributed by atoms with Gasteiger partial charge in [-0.15, -0.1) is 0 Å². The molecule has 1 aromatic rings. The summed E-state index contributed by atoms with van der Waals surface area (Å²) < 4.78 is 30.0. The lowest BCUT2D eigenvalue weighted by molar-refractivity contribution is 0.503. The molecule has 0 amide bonds. The minimum atomic E-state index is -4.04. The van der Waals surface area contributed by atoms with Gasteiger partial charge in [-0.1, -0.05) is 12.1 Å². The van der Waals surface area contributed by atoms with Gasteiger partial charge in [-0.3, -0.25) is 4.55 Å². The van der Waals surface area contributed by atoms with E-state index >= 15 is 0 Å². The first-order valence-corrected chi connectivity index (χ1v) is 6.61. The highest BCUT2D eigenvalue weighted by Gasteiger charge is 2.12. The fourth-order valence-corrected chi connectivity index (χ4v) is 2.81. The van der Waals surface area contributed by atoms with Crippen LogP contribution in [0.5, 0.6) is 0 Å². The molecule has 0 atom stereocenters. The van der Waals surface area contributed by atoms with E-state index in [1.165, 1.54) is 0 Å². The number of para-hydroxylation sites is 1. The molecule has 0 unspecified atom stereocenters. The molecule has 1 aromatic carbocycles. The second-order valence-electron chi connectivity index (χ2n) is 2.87. The maximum absolute atomic E-state index is 10.7. The Morgan fingerprint density at radius 3 is 2.36 bits per heavy atom. The zero-order valence-corrected chi connectivity index (χ0v) is 9.47. The Bertz CT molecular complexity index is 414. The summed E-state index contributed by atoms with van der Waals surface area (Å²) in [6, 6.07) is 6.96. The SMILES string of the molecule is CN(C)c1ccccc1SS(=O)(=O)O.